The van der Waals surface area contributed by atoms with E-state index < -0.39 is 11.8 Å². The zero-order valence-corrected chi connectivity index (χ0v) is 12.9. The molecule has 1 atom stereocenters. The van der Waals surface area contributed by atoms with Crippen LogP contribution in [0.2, 0.25) is 0 Å². The van der Waals surface area contributed by atoms with Gasteiger partial charge in [-0.25, -0.2) is 0 Å². The van der Waals surface area contributed by atoms with Crippen molar-refractivity contribution >= 4 is 17.5 Å². The number of nitrogens with one attached hydrogen (secondary N) is 2. The van der Waals surface area contributed by atoms with Crippen LogP contribution < -0.4 is 10.6 Å². The molecule has 2 amide bonds. The van der Waals surface area contributed by atoms with Crippen LogP contribution in [0.3, 0.4) is 0 Å². The van der Waals surface area contributed by atoms with Gasteiger partial charge in [0.1, 0.15) is 0 Å². The van der Waals surface area contributed by atoms with Gasteiger partial charge in [-0.1, -0.05) is 45.9 Å². The van der Waals surface area contributed by atoms with Crippen molar-refractivity contribution in [2.24, 2.45) is 0 Å². The Kier molecular flexibility index (Phi) is 5.31. The molecule has 20 heavy (non-hydrogen) atoms. The third-order valence-electron chi connectivity index (χ3n) is 3.18. The Hall–Kier alpha value is -1.84. The van der Waals surface area contributed by atoms with Gasteiger partial charge in [-0.05, 0) is 30.4 Å². The maximum absolute atomic E-state index is 11.9. The van der Waals surface area contributed by atoms with Crippen molar-refractivity contribution in [1.29, 1.82) is 0 Å². The number of hydrogen-bond donors (Lipinski definition) is 2. The van der Waals surface area contributed by atoms with Crippen molar-refractivity contribution in [2.45, 2.75) is 52.5 Å². The molecule has 1 unspecified atom stereocenters. The molecule has 2 N–H and O–H groups in total. The van der Waals surface area contributed by atoms with Gasteiger partial charge in [-0.2, -0.15) is 0 Å². The fourth-order valence-electron chi connectivity index (χ4n) is 1.82. The summed E-state index contributed by atoms with van der Waals surface area (Å²) < 4.78 is 0. The lowest BCUT2D eigenvalue weighted by molar-refractivity contribution is -0.136. The second-order valence-corrected chi connectivity index (χ2v) is 6.03. The van der Waals surface area contributed by atoms with Gasteiger partial charge in [0.25, 0.3) is 0 Å². The van der Waals surface area contributed by atoms with Gasteiger partial charge in [0.15, 0.2) is 0 Å². The number of para-hydroxylation sites is 1. The quantitative estimate of drug-likeness (QED) is 0.834. The Morgan fingerprint density at radius 1 is 1.15 bits per heavy atom. The average molecular weight is 276 g/mol. The van der Waals surface area contributed by atoms with Crippen molar-refractivity contribution < 1.29 is 9.59 Å². The highest BCUT2D eigenvalue weighted by molar-refractivity contribution is 6.39. The Morgan fingerprint density at radius 2 is 1.75 bits per heavy atom. The van der Waals surface area contributed by atoms with Gasteiger partial charge in [-0.15, -0.1) is 0 Å². The summed E-state index contributed by atoms with van der Waals surface area (Å²) in [6, 6.07) is 7.54. The van der Waals surface area contributed by atoms with E-state index in [0.29, 0.717) is 5.69 Å². The molecular formula is C16H24N2O2. The summed E-state index contributed by atoms with van der Waals surface area (Å²) in [6.07, 6.45) is 0.789. The highest BCUT2D eigenvalue weighted by Gasteiger charge is 2.21. The third-order valence-corrected chi connectivity index (χ3v) is 3.18. The first kappa shape index (κ1) is 16.2. The predicted molar refractivity (Wildman–Crippen MR) is 81.7 cm³/mol. The normalized spacial score (nSPS) is 12.7. The smallest absolute Gasteiger partial charge is 0.313 e. The molecule has 4 nitrogen and oxygen atoms in total. The second-order valence-electron chi connectivity index (χ2n) is 6.03. The lowest BCUT2D eigenvalue weighted by Gasteiger charge is -2.23. The van der Waals surface area contributed by atoms with E-state index in [-0.39, 0.29) is 11.5 Å². The largest absolute Gasteiger partial charge is 0.345 e. The molecule has 0 saturated carbocycles. The molecule has 0 aliphatic rings. The van der Waals surface area contributed by atoms with E-state index >= 15 is 0 Å². The van der Waals surface area contributed by atoms with Gasteiger partial charge in [0.05, 0.1) is 0 Å². The first-order chi connectivity index (χ1) is 9.25. The van der Waals surface area contributed by atoms with Gasteiger partial charge in [0.2, 0.25) is 0 Å². The minimum atomic E-state index is -0.623. The monoisotopic (exact) mass is 276 g/mol. The lowest BCUT2D eigenvalue weighted by atomic mass is 9.86. The fraction of sp³-hybridized carbons (Fsp3) is 0.500. The SMILES string of the molecule is CCC(C)NC(=O)C(=O)Nc1ccccc1C(C)(C)C. The van der Waals surface area contributed by atoms with Crippen LogP contribution >= 0.6 is 0 Å². The molecule has 110 valence electrons. The fourth-order valence-corrected chi connectivity index (χ4v) is 1.82. The number of hydrogen-bond acceptors (Lipinski definition) is 2. The second kappa shape index (κ2) is 6.55. The summed E-state index contributed by atoms with van der Waals surface area (Å²) in [6.45, 7) is 10.0. The van der Waals surface area contributed by atoms with E-state index in [4.69, 9.17) is 0 Å². The zero-order chi connectivity index (χ0) is 15.3. The van der Waals surface area contributed by atoms with Crippen molar-refractivity contribution in [3.63, 3.8) is 0 Å². The molecule has 0 fully saturated rings. The Morgan fingerprint density at radius 3 is 2.30 bits per heavy atom. The molecule has 4 heteroatoms. The van der Waals surface area contributed by atoms with Crippen molar-refractivity contribution in [3.8, 4) is 0 Å². The lowest BCUT2D eigenvalue weighted by Crippen LogP contribution is -2.40. The Labute approximate surface area is 121 Å². The molecule has 0 spiro atoms. The molecule has 0 aromatic heterocycles. The molecular weight excluding hydrogens is 252 g/mol. The molecule has 0 bridgehead atoms. The van der Waals surface area contributed by atoms with Crippen molar-refractivity contribution in [1.82, 2.24) is 5.32 Å². The molecule has 1 aromatic carbocycles. The first-order valence-corrected chi connectivity index (χ1v) is 6.97. The summed E-state index contributed by atoms with van der Waals surface area (Å²) in [5, 5.41) is 5.35. The maximum atomic E-state index is 11.9. The Balaban J connectivity index is 2.84. The van der Waals surface area contributed by atoms with E-state index in [2.05, 4.69) is 31.4 Å². The van der Waals surface area contributed by atoms with Gasteiger partial charge in [-0.3, -0.25) is 9.59 Å². The molecule has 0 heterocycles. The minimum absolute atomic E-state index is 0.00823. The number of rotatable bonds is 3. The van der Waals surface area contributed by atoms with Gasteiger partial charge >= 0.3 is 11.8 Å². The standard InChI is InChI=1S/C16H24N2O2/c1-6-11(2)17-14(19)15(20)18-13-10-8-7-9-12(13)16(3,4)5/h7-11H,6H2,1-5H3,(H,17,19)(H,18,20). The van der Waals surface area contributed by atoms with Crippen LogP contribution in [-0.2, 0) is 15.0 Å². The van der Waals surface area contributed by atoms with E-state index in [1.54, 1.807) is 0 Å². The van der Waals surface area contributed by atoms with Crippen LogP contribution in [0.25, 0.3) is 0 Å². The van der Waals surface area contributed by atoms with Crippen LogP contribution in [-0.4, -0.2) is 17.9 Å². The van der Waals surface area contributed by atoms with E-state index in [9.17, 15) is 9.59 Å². The molecule has 1 aromatic rings. The van der Waals surface area contributed by atoms with E-state index in [1.807, 2.05) is 38.1 Å². The van der Waals surface area contributed by atoms with Crippen LogP contribution in [0.1, 0.15) is 46.6 Å². The van der Waals surface area contributed by atoms with Crippen LogP contribution in [0.4, 0.5) is 5.69 Å². The molecule has 0 saturated heterocycles. The van der Waals surface area contributed by atoms with Crippen molar-refractivity contribution in [3.05, 3.63) is 29.8 Å². The molecule has 1 rings (SSSR count). The summed E-state index contributed by atoms with van der Waals surface area (Å²) in [4.78, 5) is 23.7. The number of amides is 2. The summed E-state index contributed by atoms with van der Waals surface area (Å²) in [5.74, 6) is -1.22. The van der Waals surface area contributed by atoms with Crippen LogP contribution in [0.15, 0.2) is 24.3 Å². The summed E-state index contributed by atoms with van der Waals surface area (Å²) >= 11 is 0. The van der Waals surface area contributed by atoms with Gasteiger partial charge < -0.3 is 10.6 Å². The zero-order valence-electron chi connectivity index (χ0n) is 12.9. The van der Waals surface area contributed by atoms with E-state index in [1.165, 1.54) is 0 Å². The summed E-state index contributed by atoms with van der Waals surface area (Å²) in [7, 11) is 0. The first-order valence-electron chi connectivity index (χ1n) is 6.97. The topological polar surface area (TPSA) is 58.2 Å². The van der Waals surface area contributed by atoms with Crippen LogP contribution in [0, 0.1) is 0 Å². The highest BCUT2D eigenvalue weighted by atomic mass is 16.2. The average Bonchev–Trinajstić information content (AvgIpc) is 2.37. The van der Waals surface area contributed by atoms with Crippen molar-refractivity contribution in [2.75, 3.05) is 5.32 Å². The highest BCUT2D eigenvalue weighted by Crippen LogP contribution is 2.29. The number of carbonyl (C=O) groups is 2. The van der Waals surface area contributed by atoms with Crippen LogP contribution in [0.5, 0.6) is 0 Å². The minimum Gasteiger partial charge on any atom is -0.345 e. The number of anilines is 1. The summed E-state index contributed by atoms with van der Waals surface area (Å²) in [5.41, 5.74) is 1.59. The van der Waals surface area contributed by atoms with E-state index in [0.717, 1.165) is 12.0 Å². The third kappa shape index (κ3) is 4.37. The number of benzene rings is 1. The molecule has 0 aliphatic carbocycles. The van der Waals surface area contributed by atoms with Gasteiger partial charge in [0, 0.05) is 11.7 Å². The molecule has 0 aliphatic heterocycles. The molecule has 0 radical (unpaired) electrons. The maximum Gasteiger partial charge on any atom is 0.313 e. The Bertz CT molecular complexity index is 489. The predicted octanol–water partition coefficient (Wildman–Crippen LogP) is 2.84. The number of carbonyl (C=O) groups excluding carboxylic acids is 2.